The van der Waals surface area contributed by atoms with Gasteiger partial charge in [0.15, 0.2) is 0 Å². The zero-order valence-corrected chi connectivity index (χ0v) is 4.45. The molecular weight excluding hydrogens is 151 g/mol. The van der Waals surface area contributed by atoms with Crippen molar-refractivity contribution in [3.8, 4) is 0 Å². The van der Waals surface area contributed by atoms with Crippen LogP contribution in [0.5, 0.6) is 0 Å². The Bertz CT molecular complexity index is 61.0. The monoisotopic (exact) mass is 168 g/mol. The Morgan fingerprint density at radius 3 is 1.22 bits per heavy atom. The van der Waals surface area contributed by atoms with Gasteiger partial charge in [0.25, 0.3) is 0 Å². The van der Waals surface area contributed by atoms with Crippen LogP contribution in [0.3, 0.4) is 0 Å². The molecule has 9 heavy (non-hydrogen) atoms. The van der Waals surface area contributed by atoms with Crippen LogP contribution in [0.25, 0.3) is 0 Å². The van der Waals surface area contributed by atoms with E-state index in [0.29, 0.717) is 0 Å². The molecule has 57 valence electrons. The van der Waals surface area contributed by atoms with Gasteiger partial charge in [-0.05, 0) is 0 Å². The van der Waals surface area contributed by atoms with E-state index in [4.69, 9.17) is 0 Å². The molecular formula is C8H17Mn-. The summed E-state index contributed by atoms with van der Waals surface area (Å²) < 4.78 is 0. The van der Waals surface area contributed by atoms with Crippen LogP contribution in [0, 0.1) is 0 Å². The summed E-state index contributed by atoms with van der Waals surface area (Å²) in [6.45, 7) is 0. The number of hydrogen-bond donors (Lipinski definition) is 0. The fourth-order valence-electron chi connectivity index (χ4n) is 0.321. The molecule has 0 aromatic heterocycles. The normalized spacial score (nSPS) is 4.44. The molecule has 0 aliphatic carbocycles. The quantitative estimate of drug-likeness (QED) is 0.411. The molecule has 0 heterocycles. The second-order valence-electron chi connectivity index (χ2n) is 0.962. The van der Waals surface area contributed by atoms with Gasteiger partial charge in [-0.1, -0.05) is 22.3 Å². The first kappa shape index (κ1) is 23.2. The van der Waals surface area contributed by atoms with Crippen LogP contribution in [-0.4, -0.2) is 0 Å². The second kappa shape index (κ2) is 15.7. The predicted molar refractivity (Wildman–Crippen MR) is 42.2 cm³/mol. The van der Waals surface area contributed by atoms with E-state index in [-0.39, 0.29) is 39.3 Å². The third kappa shape index (κ3) is 11.4. The van der Waals surface area contributed by atoms with Crippen LogP contribution in [0.15, 0.2) is 30.3 Å². The van der Waals surface area contributed by atoms with Crippen LogP contribution in [0.2, 0.25) is 0 Å². The molecule has 1 aromatic rings. The zero-order chi connectivity index (χ0) is 3.54. The van der Waals surface area contributed by atoms with Gasteiger partial charge in [-0.2, -0.15) is 18.2 Å². The van der Waals surface area contributed by atoms with E-state index in [1.54, 1.807) is 0 Å². The van der Waals surface area contributed by atoms with Crippen LogP contribution >= 0.6 is 0 Å². The Labute approximate surface area is 70.1 Å². The van der Waals surface area contributed by atoms with Crippen molar-refractivity contribution in [3.63, 3.8) is 0 Å². The van der Waals surface area contributed by atoms with Crippen molar-refractivity contribution in [2.24, 2.45) is 0 Å². The fourth-order valence-corrected chi connectivity index (χ4v) is 0.321. The molecule has 1 heteroatoms. The maximum absolute atomic E-state index is 2.00. The minimum Gasteiger partial charge on any atom is -0.214 e. The first-order valence-corrected chi connectivity index (χ1v) is 1.67. The zero-order valence-electron chi connectivity index (χ0n) is 3.26. The summed E-state index contributed by atoms with van der Waals surface area (Å²) in [6.07, 6.45) is 0. The van der Waals surface area contributed by atoms with Crippen LogP contribution < -0.4 is 0 Å². The molecule has 0 aliphatic heterocycles. The fraction of sp³-hybridized carbons (Fsp3) is 0.375. The average Bonchev–Trinajstić information content (AvgIpc) is 1.76. The summed E-state index contributed by atoms with van der Waals surface area (Å²) in [6, 6.07) is 10.0. The first-order chi connectivity index (χ1) is 2.50. The summed E-state index contributed by atoms with van der Waals surface area (Å²) in [5, 5.41) is 0. The van der Waals surface area contributed by atoms with Crippen molar-refractivity contribution in [3.05, 3.63) is 30.3 Å². The molecule has 0 unspecified atom stereocenters. The largest absolute Gasteiger partial charge is 0.214 e. The van der Waals surface area contributed by atoms with E-state index in [1.807, 2.05) is 30.3 Å². The Kier molecular flexibility index (Phi) is 40.3. The van der Waals surface area contributed by atoms with Gasteiger partial charge in [0, 0.05) is 17.1 Å². The van der Waals surface area contributed by atoms with Crippen molar-refractivity contribution in [1.29, 1.82) is 0 Å². The van der Waals surface area contributed by atoms with Gasteiger partial charge in [0.05, 0.1) is 0 Å². The summed E-state index contributed by atoms with van der Waals surface area (Å²) in [4.78, 5) is 0. The first-order valence-electron chi connectivity index (χ1n) is 1.67. The Hall–Kier alpha value is -0.131. The van der Waals surface area contributed by atoms with Crippen molar-refractivity contribution in [1.82, 2.24) is 0 Å². The molecule has 0 N–H and O–H groups in total. The average molecular weight is 168 g/mol. The molecule has 0 saturated heterocycles. The minimum atomic E-state index is 0. The van der Waals surface area contributed by atoms with Gasteiger partial charge in [0.2, 0.25) is 0 Å². The number of hydrogen-bond acceptors (Lipinski definition) is 0. The molecule has 1 rings (SSSR count). The van der Waals surface area contributed by atoms with Crippen LogP contribution in [0.1, 0.15) is 22.3 Å². The molecule has 0 amide bonds. The smallest absolute Gasteiger partial charge is 0 e. The van der Waals surface area contributed by atoms with E-state index >= 15 is 0 Å². The molecule has 1 aromatic carbocycles. The number of rotatable bonds is 0. The maximum atomic E-state index is 2.00. The predicted octanol–water partition coefficient (Wildman–Crippen LogP) is 3.31. The Balaban J connectivity index is -0.0000000312. The summed E-state index contributed by atoms with van der Waals surface area (Å²) in [5.74, 6) is 0. The molecule has 0 bridgehead atoms. The minimum absolute atomic E-state index is 0. The third-order valence-electron chi connectivity index (χ3n) is 0.556. The Morgan fingerprint density at radius 1 is 0.778 bits per heavy atom. The molecule has 0 aliphatic rings. The Morgan fingerprint density at radius 2 is 1.11 bits per heavy atom. The summed E-state index contributed by atoms with van der Waals surface area (Å²) in [5.41, 5.74) is 0. The van der Waals surface area contributed by atoms with E-state index in [1.165, 1.54) is 0 Å². The molecule has 0 spiro atoms. The van der Waals surface area contributed by atoms with E-state index in [2.05, 4.69) is 0 Å². The molecule has 0 atom stereocenters. The van der Waals surface area contributed by atoms with Gasteiger partial charge in [-0.25, -0.2) is 12.1 Å². The second-order valence-corrected chi connectivity index (χ2v) is 0.962. The molecule has 0 saturated carbocycles. The van der Waals surface area contributed by atoms with Gasteiger partial charge in [-0.15, -0.1) is 0 Å². The van der Waals surface area contributed by atoms with E-state index in [0.717, 1.165) is 0 Å². The van der Waals surface area contributed by atoms with Crippen molar-refractivity contribution in [2.45, 2.75) is 22.3 Å². The van der Waals surface area contributed by atoms with Crippen molar-refractivity contribution >= 4 is 0 Å². The van der Waals surface area contributed by atoms with Gasteiger partial charge in [-0.3, -0.25) is 0 Å². The van der Waals surface area contributed by atoms with Crippen molar-refractivity contribution in [2.75, 3.05) is 0 Å². The standard InChI is InChI=1S/C5H5.3CH4.Mn/c1-2-4-5-3-1;;;;/h1-5H;3*1H4;/q-1;;;;. The maximum Gasteiger partial charge on any atom is 0 e. The molecule has 1 radical (unpaired) electrons. The molecule has 0 nitrogen and oxygen atoms in total. The van der Waals surface area contributed by atoms with Gasteiger partial charge < -0.3 is 0 Å². The van der Waals surface area contributed by atoms with Crippen LogP contribution in [-0.2, 0) is 17.1 Å². The molecule has 0 fully saturated rings. The van der Waals surface area contributed by atoms with E-state index in [9.17, 15) is 0 Å². The third-order valence-corrected chi connectivity index (χ3v) is 0.556. The van der Waals surface area contributed by atoms with Gasteiger partial charge >= 0.3 is 0 Å². The summed E-state index contributed by atoms with van der Waals surface area (Å²) >= 11 is 0. The van der Waals surface area contributed by atoms with Gasteiger partial charge in [0.1, 0.15) is 0 Å². The van der Waals surface area contributed by atoms with Crippen molar-refractivity contribution < 1.29 is 17.1 Å². The van der Waals surface area contributed by atoms with Crippen LogP contribution in [0.4, 0.5) is 0 Å². The SMILES string of the molecule is C.C.C.[Mn].c1cc[cH-]c1. The summed E-state index contributed by atoms with van der Waals surface area (Å²) in [7, 11) is 0. The van der Waals surface area contributed by atoms with E-state index < -0.39 is 0 Å². The topological polar surface area (TPSA) is 0 Å².